The Labute approximate surface area is 182 Å². The highest BCUT2D eigenvalue weighted by molar-refractivity contribution is 6.30. The van der Waals surface area contributed by atoms with Gasteiger partial charge in [0.2, 0.25) is 0 Å². The molecule has 3 rings (SSSR count). The van der Waals surface area contributed by atoms with E-state index in [0.29, 0.717) is 50.7 Å². The summed E-state index contributed by atoms with van der Waals surface area (Å²) >= 11 is 6.40. The first kappa shape index (κ1) is 22.8. The van der Waals surface area contributed by atoms with Crippen LogP contribution in [0.25, 0.3) is 0 Å². The molecule has 8 heteroatoms. The number of amides is 2. The predicted molar refractivity (Wildman–Crippen MR) is 114 cm³/mol. The third-order valence-corrected chi connectivity index (χ3v) is 6.35. The lowest BCUT2D eigenvalue weighted by molar-refractivity contribution is -0.148. The Balaban J connectivity index is 1.91. The minimum Gasteiger partial charge on any atom is -0.465 e. The van der Waals surface area contributed by atoms with Crippen LogP contribution < -0.4 is 0 Å². The smallest absolute Gasteiger partial charge is 0.407 e. The fourth-order valence-corrected chi connectivity index (χ4v) is 4.78. The second-order valence-corrected chi connectivity index (χ2v) is 9.91. The molecule has 30 heavy (non-hydrogen) atoms. The Bertz CT molecular complexity index is 834. The molecule has 0 aliphatic carbocycles. The highest BCUT2D eigenvalue weighted by Crippen LogP contribution is 2.36. The lowest BCUT2D eigenvalue weighted by atomic mass is 9.76. The molecule has 1 aromatic rings. The molecular formula is C22H31ClN2O5. The molecule has 1 saturated heterocycles. The van der Waals surface area contributed by atoms with Crippen LogP contribution in [0.15, 0.2) is 12.1 Å². The number of carboxylic acid groups (broad SMARTS) is 1. The van der Waals surface area contributed by atoms with Gasteiger partial charge in [-0.1, -0.05) is 25.4 Å². The number of morpholine rings is 1. The number of hydrogen-bond donors (Lipinski definition) is 2. The van der Waals surface area contributed by atoms with Gasteiger partial charge in [0.25, 0.3) is 5.91 Å². The standard InChI is InChI=1S/C22H31ClN2O5/c1-21(2,18-13-30-8-7-25(18)20(27)28)11-15-10-16(23)9-14-5-6-24(12-17(14)15)19(26)22(3,4)29/h9-10,18,29H,5-8,11-13H2,1-4H3,(H,27,28)/t18-/m0/s1. The molecule has 0 spiro atoms. The molecule has 2 aliphatic heterocycles. The van der Waals surface area contributed by atoms with E-state index in [4.69, 9.17) is 16.3 Å². The van der Waals surface area contributed by atoms with Gasteiger partial charge in [-0.3, -0.25) is 4.79 Å². The van der Waals surface area contributed by atoms with Gasteiger partial charge in [-0.15, -0.1) is 0 Å². The van der Waals surface area contributed by atoms with Crippen LogP contribution in [-0.2, 0) is 28.9 Å². The van der Waals surface area contributed by atoms with E-state index in [1.54, 1.807) is 4.90 Å². The molecule has 0 saturated carbocycles. The minimum atomic E-state index is -1.43. The lowest BCUT2D eigenvalue weighted by Gasteiger charge is -2.44. The SMILES string of the molecule is CC(C)(O)C(=O)N1CCc2cc(Cl)cc(CC(C)(C)[C@@H]3COCCN3C(=O)O)c2C1. The fraction of sp³-hybridized carbons (Fsp3) is 0.636. The largest absolute Gasteiger partial charge is 0.465 e. The Morgan fingerprint density at radius 3 is 2.57 bits per heavy atom. The van der Waals surface area contributed by atoms with Crippen molar-refractivity contribution in [2.75, 3.05) is 26.3 Å². The third kappa shape index (κ3) is 4.74. The highest BCUT2D eigenvalue weighted by Gasteiger charge is 2.40. The van der Waals surface area contributed by atoms with Crippen molar-refractivity contribution in [2.24, 2.45) is 5.41 Å². The summed E-state index contributed by atoms with van der Waals surface area (Å²) in [6, 6.07) is 3.57. The number of fused-ring (bicyclic) bond motifs is 1. The van der Waals surface area contributed by atoms with E-state index in [2.05, 4.69) is 0 Å². The quantitative estimate of drug-likeness (QED) is 0.754. The van der Waals surface area contributed by atoms with Crippen molar-refractivity contribution >= 4 is 23.6 Å². The minimum absolute atomic E-state index is 0.281. The van der Waals surface area contributed by atoms with Crippen molar-refractivity contribution in [1.29, 1.82) is 0 Å². The van der Waals surface area contributed by atoms with Crippen LogP contribution in [0.4, 0.5) is 4.79 Å². The Morgan fingerprint density at radius 1 is 1.23 bits per heavy atom. The molecule has 0 aromatic heterocycles. The van der Waals surface area contributed by atoms with Gasteiger partial charge in [-0.05, 0) is 60.9 Å². The van der Waals surface area contributed by atoms with Crippen molar-refractivity contribution in [2.45, 2.75) is 58.7 Å². The Morgan fingerprint density at radius 2 is 1.93 bits per heavy atom. The predicted octanol–water partition coefficient (Wildman–Crippen LogP) is 2.94. The maximum absolute atomic E-state index is 12.6. The summed E-state index contributed by atoms with van der Waals surface area (Å²) in [4.78, 5) is 27.5. The van der Waals surface area contributed by atoms with Crippen molar-refractivity contribution in [3.63, 3.8) is 0 Å². The maximum Gasteiger partial charge on any atom is 0.407 e. The number of carbonyl (C=O) groups is 2. The van der Waals surface area contributed by atoms with Crippen LogP contribution in [0.1, 0.15) is 44.4 Å². The van der Waals surface area contributed by atoms with Gasteiger partial charge < -0.3 is 24.7 Å². The average Bonchev–Trinajstić information content (AvgIpc) is 2.66. The molecule has 2 N–H and O–H groups in total. The zero-order valence-electron chi connectivity index (χ0n) is 18.1. The van der Waals surface area contributed by atoms with Crippen molar-refractivity contribution in [3.05, 3.63) is 33.8 Å². The van der Waals surface area contributed by atoms with Crippen LogP contribution in [0.3, 0.4) is 0 Å². The molecule has 0 unspecified atom stereocenters. The van der Waals surface area contributed by atoms with E-state index in [0.717, 1.165) is 16.7 Å². The molecule has 2 amide bonds. The first-order valence-electron chi connectivity index (χ1n) is 10.3. The summed E-state index contributed by atoms with van der Waals surface area (Å²) in [6.45, 7) is 9.12. The first-order valence-corrected chi connectivity index (χ1v) is 10.7. The van der Waals surface area contributed by atoms with E-state index in [-0.39, 0.29) is 11.9 Å². The molecule has 1 fully saturated rings. The zero-order chi connectivity index (χ0) is 22.3. The van der Waals surface area contributed by atoms with Gasteiger partial charge in [-0.25, -0.2) is 4.79 Å². The molecule has 166 valence electrons. The summed E-state index contributed by atoms with van der Waals surface area (Å²) in [5.74, 6) is -0.300. The number of aliphatic hydroxyl groups is 1. The van der Waals surface area contributed by atoms with Crippen LogP contribution in [0.2, 0.25) is 5.02 Å². The number of hydrogen-bond acceptors (Lipinski definition) is 4. The number of nitrogens with zero attached hydrogens (tertiary/aromatic N) is 2. The summed E-state index contributed by atoms with van der Waals surface area (Å²) in [6.07, 6.45) is 0.323. The highest BCUT2D eigenvalue weighted by atomic mass is 35.5. The van der Waals surface area contributed by atoms with Gasteiger partial charge in [0.15, 0.2) is 0 Å². The number of halogens is 1. The van der Waals surface area contributed by atoms with E-state index in [9.17, 15) is 19.8 Å². The van der Waals surface area contributed by atoms with E-state index < -0.39 is 17.1 Å². The van der Waals surface area contributed by atoms with E-state index >= 15 is 0 Å². The topological polar surface area (TPSA) is 90.3 Å². The van der Waals surface area contributed by atoms with Crippen molar-refractivity contribution < 1.29 is 24.5 Å². The number of benzene rings is 1. The first-order chi connectivity index (χ1) is 13.9. The molecule has 2 heterocycles. The average molecular weight is 439 g/mol. The summed E-state index contributed by atoms with van der Waals surface area (Å²) in [5, 5.41) is 20.4. The van der Waals surface area contributed by atoms with E-state index in [1.165, 1.54) is 18.7 Å². The Kier molecular flexibility index (Phi) is 6.37. The van der Waals surface area contributed by atoms with Gasteiger partial charge in [0, 0.05) is 24.7 Å². The molecule has 1 atom stereocenters. The number of ether oxygens (including phenoxy) is 1. The molecular weight excluding hydrogens is 408 g/mol. The number of rotatable bonds is 4. The molecule has 0 bridgehead atoms. The van der Waals surface area contributed by atoms with Crippen LogP contribution >= 0.6 is 11.6 Å². The zero-order valence-corrected chi connectivity index (χ0v) is 18.8. The van der Waals surface area contributed by atoms with E-state index in [1.807, 2.05) is 26.0 Å². The third-order valence-electron chi connectivity index (χ3n) is 6.13. The van der Waals surface area contributed by atoms with Crippen LogP contribution in [0.5, 0.6) is 0 Å². The van der Waals surface area contributed by atoms with Gasteiger partial charge in [-0.2, -0.15) is 0 Å². The van der Waals surface area contributed by atoms with Gasteiger partial charge in [0.1, 0.15) is 5.60 Å². The second-order valence-electron chi connectivity index (χ2n) is 9.47. The monoisotopic (exact) mass is 438 g/mol. The molecule has 1 aromatic carbocycles. The molecule has 0 radical (unpaired) electrons. The van der Waals surface area contributed by atoms with Crippen molar-refractivity contribution in [3.8, 4) is 0 Å². The van der Waals surface area contributed by atoms with Crippen LogP contribution in [0, 0.1) is 5.41 Å². The molecule has 2 aliphatic rings. The van der Waals surface area contributed by atoms with Crippen molar-refractivity contribution in [1.82, 2.24) is 9.80 Å². The molecule has 7 nitrogen and oxygen atoms in total. The maximum atomic E-state index is 12.6. The van der Waals surface area contributed by atoms with Crippen LogP contribution in [-0.4, -0.2) is 70.0 Å². The summed E-state index contributed by atoms with van der Waals surface area (Å²) in [5.41, 5.74) is 1.31. The summed E-state index contributed by atoms with van der Waals surface area (Å²) < 4.78 is 5.60. The second kappa shape index (κ2) is 8.36. The normalized spacial score (nSPS) is 20.1. The van der Waals surface area contributed by atoms with Gasteiger partial charge in [0.05, 0.1) is 19.3 Å². The fourth-order valence-electron chi connectivity index (χ4n) is 4.51. The summed E-state index contributed by atoms with van der Waals surface area (Å²) in [7, 11) is 0. The van der Waals surface area contributed by atoms with Gasteiger partial charge >= 0.3 is 6.09 Å². The lowest BCUT2D eigenvalue weighted by Crippen LogP contribution is -2.55. The Hall–Kier alpha value is -1.83. The number of carbonyl (C=O) groups excluding carboxylic acids is 1.